The van der Waals surface area contributed by atoms with Crippen molar-refractivity contribution < 1.29 is 14.3 Å². The molecular formula is C15H20O3. The molecule has 4 atom stereocenters. The third-order valence-corrected chi connectivity index (χ3v) is 5.51. The molecule has 0 N–H and O–H groups in total. The van der Waals surface area contributed by atoms with Crippen LogP contribution in [0.15, 0.2) is 11.1 Å². The van der Waals surface area contributed by atoms with Crippen molar-refractivity contribution in [2.24, 2.45) is 17.3 Å². The number of cyclic esters (lactones) is 1. The third-order valence-electron chi connectivity index (χ3n) is 5.51. The van der Waals surface area contributed by atoms with Gasteiger partial charge in [-0.05, 0) is 37.0 Å². The van der Waals surface area contributed by atoms with Crippen LogP contribution in [0.1, 0.15) is 40.0 Å². The summed E-state index contributed by atoms with van der Waals surface area (Å²) in [7, 11) is 0. The lowest BCUT2D eigenvalue weighted by atomic mass is 9.80. The highest BCUT2D eigenvalue weighted by Crippen LogP contribution is 2.62. The number of hydrogen-bond acceptors (Lipinski definition) is 3. The Balaban J connectivity index is 1.78. The van der Waals surface area contributed by atoms with Gasteiger partial charge in [0, 0.05) is 17.6 Å². The minimum Gasteiger partial charge on any atom is -0.458 e. The quantitative estimate of drug-likeness (QED) is 0.618. The smallest absolute Gasteiger partial charge is 0.334 e. The first-order chi connectivity index (χ1) is 8.40. The standard InChI is InChI=1S/C15H20O3/c1-14(2)4-9-11(6-14)15(3)5-8-10(12(9)18-15)7-17-13(8)16/h9,11-12H,4-7H2,1-3H3/t9-,11+,12-,15-/m1/s1. The fourth-order valence-corrected chi connectivity index (χ4v) is 4.80. The predicted molar refractivity (Wildman–Crippen MR) is 65.9 cm³/mol. The van der Waals surface area contributed by atoms with Crippen LogP contribution in [0.4, 0.5) is 0 Å². The summed E-state index contributed by atoms with van der Waals surface area (Å²) >= 11 is 0. The van der Waals surface area contributed by atoms with Crippen molar-refractivity contribution in [3.8, 4) is 0 Å². The molecule has 0 unspecified atom stereocenters. The fraction of sp³-hybridized carbons (Fsp3) is 0.800. The zero-order valence-corrected chi connectivity index (χ0v) is 11.3. The highest BCUT2D eigenvalue weighted by molar-refractivity contribution is 5.92. The molecule has 3 nitrogen and oxygen atoms in total. The lowest BCUT2D eigenvalue weighted by molar-refractivity contribution is -0.136. The molecule has 2 bridgehead atoms. The topological polar surface area (TPSA) is 35.5 Å². The van der Waals surface area contributed by atoms with Gasteiger partial charge in [0.2, 0.25) is 0 Å². The largest absolute Gasteiger partial charge is 0.458 e. The molecule has 0 aromatic rings. The summed E-state index contributed by atoms with van der Waals surface area (Å²) in [6.07, 6.45) is 3.34. The second-order valence-corrected chi connectivity index (χ2v) is 7.45. The zero-order chi connectivity index (χ0) is 12.7. The Kier molecular flexibility index (Phi) is 1.84. The van der Waals surface area contributed by atoms with Crippen LogP contribution in [-0.4, -0.2) is 24.3 Å². The predicted octanol–water partition coefficient (Wildman–Crippen LogP) is 2.45. The summed E-state index contributed by atoms with van der Waals surface area (Å²) in [4.78, 5) is 11.8. The average molecular weight is 248 g/mol. The highest BCUT2D eigenvalue weighted by atomic mass is 16.6. The first kappa shape index (κ1) is 11.0. The first-order valence-electron chi connectivity index (χ1n) is 6.97. The maximum Gasteiger partial charge on any atom is 0.334 e. The monoisotopic (exact) mass is 248 g/mol. The summed E-state index contributed by atoms with van der Waals surface area (Å²) in [6, 6.07) is 0. The Morgan fingerprint density at radius 2 is 2.00 bits per heavy atom. The number of carbonyl (C=O) groups excluding carboxylic acids is 1. The molecule has 18 heavy (non-hydrogen) atoms. The van der Waals surface area contributed by atoms with Crippen molar-refractivity contribution in [2.75, 3.05) is 6.61 Å². The number of hydrogen-bond donors (Lipinski definition) is 0. The summed E-state index contributed by atoms with van der Waals surface area (Å²) in [6.45, 7) is 7.38. The SMILES string of the molecule is CC1(C)C[C@H]2[C@H]3O[C@](C)(CC4=C3COC4=O)[C@H]2C1. The minimum atomic E-state index is -0.134. The molecule has 1 aliphatic carbocycles. The van der Waals surface area contributed by atoms with Gasteiger partial charge < -0.3 is 9.47 Å². The average Bonchev–Trinajstić information content (AvgIpc) is 2.84. The van der Waals surface area contributed by atoms with Gasteiger partial charge in [0.15, 0.2) is 0 Å². The maximum atomic E-state index is 11.8. The molecule has 3 heteroatoms. The van der Waals surface area contributed by atoms with E-state index in [0.717, 1.165) is 17.6 Å². The van der Waals surface area contributed by atoms with Crippen molar-refractivity contribution in [2.45, 2.75) is 51.7 Å². The number of fused-ring (bicyclic) bond motifs is 6. The molecule has 1 saturated heterocycles. The molecule has 3 heterocycles. The lowest BCUT2D eigenvalue weighted by Gasteiger charge is -2.35. The number of carbonyl (C=O) groups is 1. The Bertz CT molecular complexity index is 476. The van der Waals surface area contributed by atoms with E-state index in [1.807, 2.05) is 0 Å². The van der Waals surface area contributed by atoms with Gasteiger partial charge in [0.25, 0.3) is 0 Å². The molecule has 98 valence electrons. The molecule has 0 radical (unpaired) electrons. The van der Waals surface area contributed by atoms with Gasteiger partial charge in [-0.1, -0.05) is 13.8 Å². The van der Waals surface area contributed by atoms with Gasteiger partial charge in [0.1, 0.15) is 6.61 Å². The van der Waals surface area contributed by atoms with E-state index in [9.17, 15) is 4.79 Å². The number of rotatable bonds is 0. The number of esters is 1. The number of ether oxygens (including phenoxy) is 2. The molecule has 1 saturated carbocycles. The molecule has 0 aromatic heterocycles. The molecule has 4 rings (SSSR count). The summed E-state index contributed by atoms with van der Waals surface area (Å²) < 4.78 is 11.5. The van der Waals surface area contributed by atoms with Crippen LogP contribution < -0.4 is 0 Å². The Hall–Kier alpha value is -0.830. The third kappa shape index (κ3) is 1.21. The van der Waals surface area contributed by atoms with Crippen LogP contribution in [-0.2, 0) is 14.3 Å². The van der Waals surface area contributed by atoms with Gasteiger partial charge in [-0.15, -0.1) is 0 Å². The van der Waals surface area contributed by atoms with E-state index in [-0.39, 0.29) is 17.7 Å². The molecule has 0 aromatic carbocycles. The molecule has 0 spiro atoms. The van der Waals surface area contributed by atoms with E-state index in [1.165, 1.54) is 12.8 Å². The molecule has 3 aliphatic heterocycles. The van der Waals surface area contributed by atoms with E-state index in [2.05, 4.69) is 20.8 Å². The van der Waals surface area contributed by atoms with Crippen LogP contribution in [0.5, 0.6) is 0 Å². The second kappa shape index (κ2) is 3.01. The fourth-order valence-electron chi connectivity index (χ4n) is 4.80. The Morgan fingerprint density at radius 1 is 1.22 bits per heavy atom. The van der Waals surface area contributed by atoms with Crippen molar-refractivity contribution >= 4 is 5.97 Å². The van der Waals surface area contributed by atoms with Gasteiger partial charge in [-0.2, -0.15) is 0 Å². The molecule has 0 amide bonds. The van der Waals surface area contributed by atoms with Crippen LogP contribution in [0.3, 0.4) is 0 Å². The van der Waals surface area contributed by atoms with Gasteiger partial charge >= 0.3 is 5.97 Å². The van der Waals surface area contributed by atoms with Crippen molar-refractivity contribution in [1.82, 2.24) is 0 Å². The van der Waals surface area contributed by atoms with E-state index in [4.69, 9.17) is 9.47 Å². The normalized spacial score (nSPS) is 48.2. The van der Waals surface area contributed by atoms with Crippen molar-refractivity contribution in [3.05, 3.63) is 11.1 Å². The van der Waals surface area contributed by atoms with Gasteiger partial charge in [-0.25, -0.2) is 4.79 Å². The Morgan fingerprint density at radius 3 is 2.78 bits per heavy atom. The minimum absolute atomic E-state index is 0.0937. The van der Waals surface area contributed by atoms with E-state index in [1.54, 1.807) is 0 Å². The van der Waals surface area contributed by atoms with Crippen LogP contribution in [0.25, 0.3) is 0 Å². The molecule has 2 fully saturated rings. The van der Waals surface area contributed by atoms with Crippen LogP contribution in [0, 0.1) is 17.3 Å². The summed E-state index contributed by atoms with van der Waals surface area (Å²) in [5.74, 6) is 1.10. The van der Waals surface area contributed by atoms with E-state index < -0.39 is 0 Å². The van der Waals surface area contributed by atoms with Crippen molar-refractivity contribution in [3.63, 3.8) is 0 Å². The molecule has 4 aliphatic rings. The van der Waals surface area contributed by atoms with Crippen molar-refractivity contribution in [1.29, 1.82) is 0 Å². The summed E-state index contributed by atoms with van der Waals surface area (Å²) in [5.41, 5.74) is 2.37. The maximum absolute atomic E-state index is 11.8. The Labute approximate surface area is 108 Å². The molecular weight excluding hydrogens is 228 g/mol. The zero-order valence-electron chi connectivity index (χ0n) is 11.3. The van der Waals surface area contributed by atoms with E-state index >= 15 is 0 Å². The van der Waals surface area contributed by atoms with Crippen LogP contribution >= 0.6 is 0 Å². The summed E-state index contributed by atoms with van der Waals surface area (Å²) in [5, 5.41) is 0. The van der Waals surface area contributed by atoms with Gasteiger partial charge in [-0.3, -0.25) is 0 Å². The lowest BCUT2D eigenvalue weighted by Crippen LogP contribution is -2.37. The van der Waals surface area contributed by atoms with Crippen LogP contribution in [0.2, 0.25) is 0 Å². The van der Waals surface area contributed by atoms with E-state index in [0.29, 0.717) is 23.9 Å². The highest BCUT2D eigenvalue weighted by Gasteiger charge is 2.62. The second-order valence-electron chi connectivity index (χ2n) is 7.45. The van der Waals surface area contributed by atoms with Gasteiger partial charge in [0.05, 0.1) is 11.7 Å². The first-order valence-corrected chi connectivity index (χ1v) is 6.97.